The number of hydrogen-bond acceptors (Lipinski definition) is 3. The van der Waals surface area contributed by atoms with Gasteiger partial charge in [-0.3, -0.25) is 15.0 Å². The Morgan fingerprint density at radius 3 is 1.87 bits per heavy atom. The molecule has 2 amide bonds. The van der Waals surface area contributed by atoms with E-state index >= 15 is 0 Å². The number of carbonyl (C=O) groups is 2. The zero-order chi connectivity index (χ0) is 23.0. The van der Waals surface area contributed by atoms with Crippen LogP contribution in [0, 0.1) is 13.8 Å². The van der Waals surface area contributed by atoms with Crippen LogP contribution in [0.3, 0.4) is 0 Å². The highest BCUT2D eigenvalue weighted by Gasteiger charge is 2.29. The molecule has 0 aliphatic carbocycles. The Bertz CT molecular complexity index is 947. The zero-order valence-electron chi connectivity index (χ0n) is 19.2. The lowest BCUT2D eigenvalue weighted by molar-refractivity contribution is 0.0358. The lowest BCUT2D eigenvalue weighted by Crippen LogP contribution is -2.55. The molecule has 164 valence electrons. The Labute approximate surface area is 185 Å². The molecule has 0 saturated heterocycles. The van der Waals surface area contributed by atoms with Crippen molar-refractivity contribution in [3.8, 4) is 0 Å². The summed E-state index contributed by atoms with van der Waals surface area (Å²) in [5, 5.41) is 1.41. The molecule has 0 saturated carbocycles. The normalized spacial score (nSPS) is 10.6. The van der Waals surface area contributed by atoms with Crippen LogP contribution in [-0.2, 0) is 6.42 Å². The summed E-state index contributed by atoms with van der Waals surface area (Å²) in [7, 11) is 0. The van der Waals surface area contributed by atoms with Crippen LogP contribution in [0.15, 0.2) is 71.5 Å². The molecule has 0 aliphatic heterocycles. The maximum Gasteiger partial charge on any atom is 0.272 e. The van der Waals surface area contributed by atoms with Crippen molar-refractivity contribution < 1.29 is 14.0 Å². The van der Waals surface area contributed by atoms with Crippen molar-refractivity contribution >= 4 is 11.8 Å². The number of nitrogens with zero attached hydrogens (tertiary/aromatic N) is 1. The van der Waals surface area contributed by atoms with Crippen LogP contribution in [0.4, 0.5) is 0 Å². The molecule has 31 heavy (non-hydrogen) atoms. The highest BCUT2D eigenvalue weighted by atomic mass is 16.3. The summed E-state index contributed by atoms with van der Waals surface area (Å²) >= 11 is 0. The Morgan fingerprint density at radius 1 is 0.903 bits per heavy atom. The molecule has 0 atom stereocenters. The zero-order valence-corrected chi connectivity index (χ0v) is 19.2. The van der Waals surface area contributed by atoms with Crippen LogP contribution in [0.25, 0.3) is 0 Å². The first-order chi connectivity index (χ1) is 14.6. The number of amides is 2. The first-order valence-electron chi connectivity index (χ1n) is 10.4. The molecule has 0 unspecified atom stereocenters. The van der Waals surface area contributed by atoms with E-state index in [1.807, 2.05) is 77.1 Å². The topological polar surface area (TPSA) is 62.6 Å². The van der Waals surface area contributed by atoms with Gasteiger partial charge in [0.15, 0.2) is 0 Å². The minimum atomic E-state index is -0.562. The summed E-state index contributed by atoms with van der Waals surface area (Å²) in [4.78, 5) is 25.7. The van der Waals surface area contributed by atoms with E-state index in [-0.39, 0.29) is 11.8 Å². The van der Waals surface area contributed by atoms with E-state index in [9.17, 15) is 9.59 Å². The third kappa shape index (κ3) is 7.14. The molecule has 2 aromatic carbocycles. The third-order valence-electron chi connectivity index (χ3n) is 4.61. The molecule has 3 aromatic rings. The van der Waals surface area contributed by atoms with Crippen LogP contribution in [0.2, 0.25) is 0 Å². The number of hydrogen-bond donors (Lipinski definition) is 1. The van der Waals surface area contributed by atoms with Crippen molar-refractivity contribution in [1.82, 2.24) is 10.4 Å². The van der Waals surface area contributed by atoms with Gasteiger partial charge >= 0.3 is 0 Å². The average molecular weight is 421 g/mol. The standard InChI is InChI=1S/C22H28N2O2.C4H4O/c1-7-17-8-10-18(11-9-17)20(25)23-24(22(4,5)6)21(26)19-13-15(2)12-16(3)14-19;1-2-4-5-3-1/h8-14H,7H2,1-6H3,(H,23,25);1-4H. The van der Waals surface area contributed by atoms with Crippen molar-refractivity contribution in [1.29, 1.82) is 0 Å². The number of hydrazine groups is 1. The molecular formula is C26H32N2O3. The summed E-state index contributed by atoms with van der Waals surface area (Å²) < 4.78 is 4.58. The van der Waals surface area contributed by atoms with Crippen LogP contribution in [0.1, 0.15) is 65.1 Å². The van der Waals surface area contributed by atoms with Gasteiger partial charge in [-0.05, 0) is 83.0 Å². The highest BCUT2D eigenvalue weighted by molar-refractivity contribution is 5.99. The first kappa shape index (κ1) is 23.9. The van der Waals surface area contributed by atoms with Crippen molar-refractivity contribution in [3.63, 3.8) is 0 Å². The Hall–Kier alpha value is -3.34. The highest BCUT2D eigenvalue weighted by Crippen LogP contribution is 2.18. The molecule has 5 heteroatoms. The van der Waals surface area contributed by atoms with E-state index in [0.29, 0.717) is 11.1 Å². The van der Waals surface area contributed by atoms with Gasteiger partial charge in [0.1, 0.15) is 0 Å². The van der Waals surface area contributed by atoms with Crippen LogP contribution in [-0.4, -0.2) is 22.4 Å². The van der Waals surface area contributed by atoms with Crippen molar-refractivity contribution in [2.45, 2.75) is 53.5 Å². The second-order valence-electron chi connectivity index (χ2n) is 8.47. The Morgan fingerprint density at radius 2 is 1.45 bits per heavy atom. The molecule has 1 aromatic heterocycles. The summed E-state index contributed by atoms with van der Waals surface area (Å²) in [6.07, 6.45) is 4.17. The molecule has 3 rings (SSSR count). The quantitative estimate of drug-likeness (QED) is 0.550. The maximum absolute atomic E-state index is 13.1. The van der Waals surface area contributed by atoms with Crippen molar-refractivity contribution in [2.75, 3.05) is 0 Å². The first-order valence-corrected chi connectivity index (χ1v) is 10.4. The lowest BCUT2D eigenvalue weighted by Gasteiger charge is -2.35. The molecular weight excluding hydrogens is 388 g/mol. The third-order valence-corrected chi connectivity index (χ3v) is 4.61. The summed E-state index contributed by atoms with van der Waals surface area (Å²) in [5.41, 5.74) is 6.53. The van der Waals surface area contributed by atoms with Gasteiger partial charge in [0.05, 0.1) is 18.1 Å². The van der Waals surface area contributed by atoms with Crippen LogP contribution >= 0.6 is 0 Å². The van der Waals surface area contributed by atoms with Gasteiger partial charge < -0.3 is 4.42 Å². The largest absolute Gasteiger partial charge is 0.473 e. The summed E-state index contributed by atoms with van der Waals surface area (Å²) in [5.74, 6) is -0.511. The van der Waals surface area contributed by atoms with Gasteiger partial charge in [-0.1, -0.05) is 36.2 Å². The molecule has 5 nitrogen and oxygen atoms in total. The van der Waals surface area contributed by atoms with Gasteiger partial charge in [-0.15, -0.1) is 0 Å². The number of carbonyl (C=O) groups excluding carboxylic acids is 2. The second-order valence-corrected chi connectivity index (χ2v) is 8.47. The summed E-state index contributed by atoms with van der Waals surface area (Å²) in [6.45, 7) is 11.7. The van der Waals surface area contributed by atoms with Crippen LogP contribution < -0.4 is 5.43 Å². The maximum atomic E-state index is 13.1. The number of rotatable bonds is 3. The van der Waals surface area contributed by atoms with E-state index < -0.39 is 5.54 Å². The van der Waals surface area contributed by atoms with E-state index in [1.165, 1.54) is 10.6 Å². The number of benzene rings is 2. The smallest absolute Gasteiger partial charge is 0.272 e. The van der Waals surface area contributed by atoms with Gasteiger partial charge in [0, 0.05) is 11.1 Å². The van der Waals surface area contributed by atoms with E-state index in [2.05, 4.69) is 16.8 Å². The van der Waals surface area contributed by atoms with E-state index in [4.69, 9.17) is 0 Å². The van der Waals surface area contributed by atoms with Gasteiger partial charge in [0.2, 0.25) is 0 Å². The monoisotopic (exact) mass is 420 g/mol. The predicted octanol–water partition coefficient (Wildman–Crippen LogP) is 5.73. The number of aryl methyl sites for hydroxylation is 3. The van der Waals surface area contributed by atoms with E-state index in [0.717, 1.165) is 17.5 Å². The lowest BCUT2D eigenvalue weighted by atomic mass is 10.0. The molecule has 1 N–H and O–H groups in total. The van der Waals surface area contributed by atoms with E-state index in [1.54, 1.807) is 24.7 Å². The molecule has 1 heterocycles. The molecule has 0 spiro atoms. The predicted molar refractivity (Wildman–Crippen MR) is 124 cm³/mol. The fourth-order valence-electron chi connectivity index (χ4n) is 3.04. The van der Waals surface area contributed by atoms with Gasteiger partial charge in [-0.2, -0.15) is 0 Å². The number of furan rings is 1. The van der Waals surface area contributed by atoms with Crippen molar-refractivity contribution in [3.05, 3.63) is 94.9 Å². The fraction of sp³-hybridized carbons (Fsp3) is 0.308. The van der Waals surface area contributed by atoms with Gasteiger partial charge in [-0.25, -0.2) is 5.01 Å². The van der Waals surface area contributed by atoms with Crippen molar-refractivity contribution in [2.24, 2.45) is 0 Å². The fourth-order valence-corrected chi connectivity index (χ4v) is 3.04. The molecule has 0 aliphatic rings. The number of nitrogens with one attached hydrogen (secondary N) is 1. The minimum absolute atomic E-state index is 0.220. The summed E-state index contributed by atoms with van der Waals surface area (Å²) in [6, 6.07) is 16.8. The SMILES string of the molecule is CCc1ccc(C(=O)NN(C(=O)c2cc(C)cc(C)c2)C(C)(C)C)cc1.c1ccoc1. The molecule has 0 radical (unpaired) electrons. The second kappa shape index (κ2) is 10.6. The average Bonchev–Trinajstić information content (AvgIpc) is 3.30. The van der Waals surface area contributed by atoms with Gasteiger partial charge in [0.25, 0.3) is 11.8 Å². The Kier molecular flexibility index (Phi) is 8.20. The molecule has 0 bridgehead atoms. The van der Waals surface area contributed by atoms with Crippen LogP contribution in [0.5, 0.6) is 0 Å². The Balaban J connectivity index is 0.000000597. The minimum Gasteiger partial charge on any atom is -0.473 e. The molecule has 0 fully saturated rings.